The topological polar surface area (TPSA) is 79.9 Å². The van der Waals surface area contributed by atoms with Crippen molar-refractivity contribution in [3.63, 3.8) is 0 Å². The van der Waals surface area contributed by atoms with Gasteiger partial charge in [0.25, 0.3) is 0 Å². The van der Waals surface area contributed by atoms with Crippen LogP contribution in [0.3, 0.4) is 0 Å². The zero-order chi connectivity index (χ0) is 20.1. The van der Waals surface area contributed by atoms with Crippen LogP contribution in [0.1, 0.15) is 43.0 Å². The van der Waals surface area contributed by atoms with Gasteiger partial charge < -0.3 is 10.1 Å². The fourth-order valence-corrected chi connectivity index (χ4v) is 4.02. The lowest BCUT2D eigenvalue weighted by Gasteiger charge is -2.12. The number of rotatable bonds is 7. The summed E-state index contributed by atoms with van der Waals surface area (Å²) in [5.41, 5.74) is 1.80. The van der Waals surface area contributed by atoms with Crippen molar-refractivity contribution in [1.29, 1.82) is 0 Å². The molecule has 1 aliphatic rings. The van der Waals surface area contributed by atoms with Crippen LogP contribution < -0.4 is 10.1 Å². The molecule has 0 radical (unpaired) electrons. The molecule has 1 saturated carbocycles. The van der Waals surface area contributed by atoms with Crippen LogP contribution in [-0.2, 0) is 4.79 Å². The van der Waals surface area contributed by atoms with E-state index in [1.165, 1.54) is 30.2 Å². The lowest BCUT2D eigenvalue weighted by Crippen LogP contribution is -2.14. The molecule has 0 unspecified atom stereocenters. The standard InChI is InChI=1S/C22H24N4O2S/c1-15-10-12-17(13-11-15)28-19-9-5-4-8-18(19)23-20(27)14-29-22-24-21(25-26-22)16-6-2-3-7-16/h4-5,8-13,16H,2-3,6-7,14H2,1H3,(H,23,27)(H,24,25,26). The first-order valence-electron chi connectivity index (χ1n) is 9.86. The Hall–Kier alpha value is -2.80. The van der Waals surface area contributed by atoms with Crippen molar-refractivity contribution >= 4 is 23.4 Å². The Morgan fingerprint density at radius 1 is 1.17 bits per heavy atom. The SMILES string of the molecule is Cc1ccc(Oc2ccccc2NC(=O)CSc2n[nH]c(C3CCCC3)n2)cc1. The molecule has 3 aromatic rings. The lowest BCUT2D eigenvalue weighted by molar-refractivity contribution is -0.113. The number of nitrogens with one attached hydrogen (secondary N) is 2. The summed E-state index contributed by atoms with van der Waals surface area (Å²) < 4.78 is 5.94. The number of benzene rings is 2. The van der Waals surface area contributed by atoms with Gasteiger partial charge in [0.1, 0.15) is 11.6 Å². The molecule has 0 bridgehead atoms. The molecule has 4 rings (SSSR count). The van der Waals surface area contributed by atoms with E-state index < -0.39 is 0 Å². The normalized spacial score (nSPS) is 14.1. The Balaban J connectivity index is 1.34. The molecule has 1 amide bonds. The van der Waals surface area contributed by atoms with Gasteiger partial charge in [0.2, 0.25) is 11.1 Å². The van der Waals surface area contributed by atoms with E-state index in [1.807, 2.05) is 55.5 Å². The van der Waals surface area contributed by atoms with Gasteiger partial charge in [-0.1, -0.05) is 54.4 Å². The maximum Gasteiger partial charge on any atom is 0.234 e. The molecule has 1 aromatic heterocycles. The van der Waals surface area contributed by atoms with Crippen LogP contribution in [0.4, 0.5) is 5.69 Å². The third-order valence-corrected chi connectivity index (χ3v) is 5.81. The number of carbonyl (C=O) groups is 1. The fourth-order valence-electron chi connectivity index (χ4n) is 3.41. The molecule has 0 spiro atoms. The molecular formula is C22H24N4O2S. The Bertz CT molecular complexity index is 965. The van der Waals surface area contributed by atoms with Gasteiger partial charge in [0, 0.05) is 5.92 Å². The van der Waals surface area contributed by atoms with Crippen LogP contribution in [0.15, 0.2) is 53.7 Å². The second kappa shape index (κ2) is 9.13. The number of aryl methyl sites for hydroxylation is 1. The van der Waals surface area contributed by atoms with Crippen LogP contribution in [0.2, 0.25) is 0 Å². The second-order valence-corrected chi connectivity index (χ2v) is 8.18. The smallest absolute Gasteiger partial charge is 0.234 e. The van der Waals surface area contributed by atoms with E-state index in [0.717, 1.165) is 24.4 Å². The summed E-state index contributed by atoms with van der Waals surface area (Å²) in [6, 6.07) is 15.2. The van der Waals surface area contributed by atoms with E-state index in [2.05, 4.69) is 20.5 Å². The van der Waals surface area contributed by atoms with Crippen molar-refractivity contribution < 1.29 is 9.53 Å². The number of hydrogen-bond donors (Lipinski definition) is 2. The summed E-state index contributed by atoms with van der Waals surface area (Å²) in [5, 5.41) is 10.8. The van der Waals surface area contributed by atoms with E-state index in [-0.39, 0.29) is 11.7 Å². The minimum Gasteiger partial charge on any atom is -0.455 e. The van der Waals surface area contributed by atoms with Crippen LogP contribution in [0.5, 0.6) is 11.5 Å². The molecule has 6 nitrogen and oxygen atoms in total. The molecule has 0 atom stereocenters. The summed E-state index contributed by atoms with van der Waals surface area (Å²) in [4.78, 5) is 17.0. The van der Waals surface area contributed by atoms with Gasteiger partial charge in [0.05, 0.1) is 11.4 Å². The van der Waals surface area contributed by atoms with E-state index >= 15 is 0 Å². The number of nitrogens with zero attached hydrogens (tertiary/aromatic N) is 2. The zero-order valence-corrected chi connectivity index (χ0v) is 17.2. The van der Waals surface area contributed by atoms with E-state index in [0.29, 0.717) is 22.5 Å². The quantitative estimate of drug-likeness (QED) is 0.519. The highest BCUT2D eigenvalue weighted by molar-refractivity contribution is 7.99. The number of anilines is 1. The summed E-state index contributed by atoms with van der Waals surface area (Å²) in [6.45, 7) is 2.03. The Kier molecular flexibility index (Phi) is 6.14. The average Bonchev–Trinajstić information content (AvgIpc) is 3.41. The minimum absolute atomic E-state index is 0.123. The van der Waals surface area contributed by atoms with Crippen molar-refractivity contribution in [3.8, 4) is 11.5 Å². The van der Waals surface area contributed by atoms with Crippen molar-refractivity contribution in [2.75, 3.05) is 11.1 Å². The first kappa shape index (κ1) is 19.5. The number of para-hydroxylation sites is 2. The van der Waals surface area contributed by atoms with Gasteiger partial charge in [-0.2, -0.15) is 0 Å². The van der Waals surface area contributed by atoms with E-state index in [9.17, 15) is 4.79 Å². The molecule has 29 heavy (non-hydrogen) atoms. The number of thioether (sulfide) groups is 1. The summed E-state index contributed by atoms with van der Waals surface area (Å²) in [6.07, 6.45) is 4.83. The Morgan fingerprint density at radius 3 is 2.72 bits per heavy atom. The Morgan fingerprint density at radius 2 is 1.93 bits per heavy atom. The molecule has 2 N–H and O–H groups in total. The highest BCUT2D eigenvalue weighted by Gasteiger charge is 2.21. The first-order valence-corrected chi connectivity index (χ1v) is 10.8. The largest absolute Gasteiger partial charge is 0.455 e. The monoisotopic (exact) mass is 408 g/mol. The van der Waals surface area contributed by atoms with Crippen molar-refractivity contribution in [3.05, 3.63) is 59.9 Å². The molecule has 1 aliphatic carbocycles. The van der Waals surface area contributed by atoms with Crippen molar-refractivity contribution in [2.24, 2.45) is 0 Å². The maximum absolute atomic E-state index is 12.4. The van der Waals surface area contributed by atoms with E-state index in [4.69, 9.17) is 4.74 Å². The van der Waals surface area contributed by atoms with Gasteiger partial charge in [-0.05, 0) is 44.0 Å². The predicted molar refractivity (Wildman–Crippen MR) is 115 cm³/mol. The summed E-state index contributed by atoms with van der Waals surface area (Å²) >= 11 is 1.33. The highest BCUT2D eigenvalue weighted by atomic mass is 32.2. The zero-order valence-electron chi connectivity index (χ0n) is 16.4. The number of H-pyrrole nitrogens is 1. The van der Waals surface area contributed by atoms with Gasteiger partial charge in [-0.25, -0.2) is 4.98 Å². The van der Waals surface area contributed by atoms with Gasteiger partial charge in [-0.15, -0.1) is 5.10 Å². The summed E-state index contributed by atoms with van der Waals surface area (Å²) in [5.74, 6) is 2.88. The molecule has 0 saturated heterocycles. The molecular weight excluding hydrogens is 384 g/mol. The fraction of sp³-hybridized carbons (Fsp3) is 0.318. The number of amides is 1. The van der Waals surface area contributed by atoms with Crippen LogP contribution in [-0.4, -0.2) is 26.8 Å². The first-order chi connectivity index (χ1) is 14.2. The van der Waals surface area contributed by atoms with Crippen LogP contribution in [0, 0.1) is 6.92 Å². The van der Waals surface area contributed by atoms with Crippen LogP contribution >= 0.6 is 11.8 Å². The van der Waals surface area contributed by atoms with Gasteiger partial charge in [0.15, 0.2) is 5.75 Å². The number of aromatic amines is 1. The van der Waals surface area contributed by atoms with E-state index in [1.54, 1.807) is 0 Å². The number of hydrogen-bond acceptors (Lipinski definition) is 5. The van der Waals surface area contributed by atoms with Gasteiger partial charge in [-0.3, -0.25) is 9.89 Å². The lowest BCUT2D eigenvalue weighted by atomic mass is 10.1. The van der Waals surface area contributed by atoms with Crippen molar-refractivity contribution in [2.45, 2.75) is 43.7 Å². The average molecular weight is 409 g/mol. The number of aromatic nitrogens is 3. The summed E-state index contributed by atoms with van der Waals surface area (Å²) in [7, 11) is 0. The molecule has 0 aliphatic heterocycles. The third kappa shape index (κ3) is 5.17. The molecule has 7 heteroatoms. The molecule has 1 heterocycles. The van der Waals surface area contributed by atoms with Gasteiger partial charge >= 0.3 is 0 Å². The second-order valence-electron chi connectivity index (χ2n) is 7.23. The minimum atomic E-state index is -0.123. The Labute approximate surface area is 174 Å². The molecule has 150 valence electrons. The third-order valence-electron chi connectivity index (χ3n) is 4.97. The van der Waals surface area contributed by atoms with Crippen LogP contribution in [0.25, 0.3) is 0 Å². The number of carbonyl (C=O) groups excluding carboxylic acids is 1. The molecule has 2 aromatic carbocycles. The predicted octanol–water partition coefficient (Wildman–Crippen LogP) is 5.29. The maximum atomic E-state index is 12.4. The highest BCUT2D eigenvalue weighted by Crippen LogP contribution is 2.33. The van der Waals surface area contributed by atoms with Crippen molar-refractivity contribution in [1.82, 2.24) is 15.2 Å². The molecule has 1 fully saturated rings. The number of ether oxygens (including phenoxy) is 1.